The van der Waals surface area contributed by atoms with Crippen LogP contribution in [0.1, 0.15) is 23.3 Å². The zero-order valence-electron chi connectivity index (χ0n) is 7.22. The minimum atomic E-state index is -1.65. The van der Waals surface area contributed by atoms with E-state index in [1.807, 2.05) is 0 Å². The maximum atomic E-state index is 10.4. The zero-order chi connectivity index (χ0) is 10.0. The van der Waals surface area contributed by atoms with Crippen molar-refractivity contribution in [1.82, 2.24) is 15.2 Å². The fourth-order valence-corrected chi connectivity index (χ4v) is 0.890. The molecule has 1 aromatic heterocycles. The van der Waals surface area contributed by atoms with Gasteiger partial charge in [-0.15, -0.1) is 10.2 Å². The smallest absolute Gasteiger partial charge is 0.339 e. The van der Waals surface area contributed by atoms with Gasteiger partial charge in [-0.25, -0.2) is 9.78 Å². The molecule has 0 aliphatic carbocycles. The van der Waals surface area contributed by atoms with Crippen molar-refractivity contribution in [3.05, 3.63) is 17.2 Å². The van der Waals surface area contributed by atoms with Gasteiger partial charge >= 0.3 is 5.97 Å². The first-order chi connectivity index (χ1) is 6.02. The molecule has 13 heavy (non-hydrogen) atoms. The fraction of sp³-hybridized carbons (Fsp3) is 0.429. The van der Waals surface area contributed by atoms with Crippen molar-refractivity contribution in [1.29, 1.82) is 0 Å². The summed E-state index contributed by atoms with van der Waals surface area (Å²) in [6.07, 6.45) is -1.65. The molecule has 0 aliphatic rings. The summed E-state index contributed by atoms with van der Waals surface area (Å²) in [7, 11) is 0. The Morgan fingerprint density at radius 1 is 1.38 bits per heavy atom. The predicted molar refractivity (Wildman–Crippen MR) is 41.9 cm³/mol. The Bertz CT molecular complexity index is 340. The van der Waals surface area contributed by atoms with E-state index >= 15 is 0 Å². The van der Waals surface area contributed by atoms with Gasteiger partial charge in [0.05, 0.1) is 5.69 Å². The first-order valence-corrected chi connectivity index (χ1v) is 3.61. The minimum absolute atomic E-state index is 0.0156. The number of carboxylic acid groups (broad SMARTS) is 1. The van der Waals surface area contributed by atoms with E-state index in [1.54, 1.807) is 13.8 Å². The summed E-state index contributed by atoms with van der Waals surface area (Å²) in [6.45, 7) is 3.21. The molecule has 0 saturated heterocycles. The summed E-state index contributed by atoms with van der Waals surface area (Å²) in [5.41, 5.74) is 0.362. The Balaban J connectivity index is 3.08. The monoisotopic (exact) mass is 183 g/mol. The predicted octanol–water partition coefficient (Wildman–Crippen LogP) is -0.394. The quantitative estimate of drug-likeness (QED) is 0.648. The number of aliphatic hydroxyl groups is 1. The largest absolute Gasteiger partial charge is 0.479 e. The highest BCUT2D eigenvalue weighted by Gasteiger charge is 2.20. The van der Waals surface area contributed by atoms with Crippen molar-refractivity contribution in [2.24, 2.45) is 0 Å². The molecule has 0 saturated carbocycles. The van der Waals surface area contributed by atoms with Gasteiger partial charge in [-0.2, -0.15) is 0 Å². The first kappa shape index (κ1) is 9.53. The number of aliphatic carboxylic acids is 1. The van der Waals surface area contributed by atoms with E-state index in [-0.39, 0.29) is 5.69 Å². The summed E-state index contributed by atoms with van der Waals surface area (Å²) in [6, 6.07) is 0. The average Bonchev–Trinajstić information content (AvgIpc) is 2.03. The standard InChI is InChI=1S/C7H9N3O3/c1-3-5(6(11)7(12)13)10-9-4(2)8-3/h6,11H,1-2H3,(H,12,13). The van der Waals surface area contributed by atoms with Crippen molar-refractivity contribution in [3.8, 4) is 0 Å². The molecular weight excluding hydrogens is 174 g/mol. The lowest BCUT2D eigenvalue weighted by atomic mass is 10.2. The Morgan fingerprint density at radius 2 is 2.00 bits per heavy atom. The van der Waals surface area contributed by atoms with E-state index in [0.717, 1.165) is 0 Å². The number of nitrogens with zero attached hydrogens (tertiary/aromatic N) is 3. The summed E-state index contributed by atoms with van der Waals surface area (Å²) in [5.74, 6) is -0.915. The zero-order valence-corrected chi connectivity index (χ0v) is 7.22. The lowest BCUT2D eigenvalue weighted by Crippen LogP contribution is -2.15. The van der Waals surface area contributed by atoms with E-state index in [2.05, 4.69) is 15.2 Å². The molecule has 0 fully saturated rings. The highest BCUT2D eigenvalue weighted by molar-refractivity contribution is 5.73. The van der Waals surface area contributed by atoms with E-state index in [1.165, 1.54) is 0 Å². The second kappa shape index (κ2) is 3.44. The molecule has 1 rings (SSSR count). The average molecular weight is 183 g/mol. The van der Waals surface area contributed by atoms with Gasteiger partial charge in [-0.05, 0) is 13.8 Å². The molecule has 0 bridgehead atoms. The summed E-state index contributed by atoms with van der Waals surface area (Å²) >= 11 is 0. The maximum Gasteiger partial charge on any atom is 0.339 e. The van der Waals surface area contributed by atoms with Crippen LogP contribution in [-0.4, -0.2) is 31.4 Å². The van der Waals surface area contributed by atoms with Gasteiger partial charge in [0.15, 0.2) is 6.10 Å². The van der Waals surface area contributed by atoms with Crippen LogP contribution in [0.3, 0.4) is 0 Å². The Labute approximate surface area is 74.3 Å². The van der Waals surface area contributed by atoms with Crippen LogP contribution in [-0.2, 0) is 4.79 Å². The molecule has 2 N–H and O–H groups in total. The van der Waals surface area contributed by atoms with Crippen LogP contribution in [0, 0.1) is 13.8 Å². The highest BCUT2D eigenvalue weighted by atomic mass is 16.4. The maximum absolute atomic E-state index is 10.4. The normalized spacial score (nSPS) is 12.5. The highest BCUT2D eigenvalue weighted by Crippen LogP contribution is 2.11. The first-order valence-electron chi connectivity index (χ1n) is 3.61. The molecule has 0 radical (unpaired) electrons. The van der Waals surface area contributed by atoms with Crippen LogP contribution in [0.25, 0.3) is 0 Å². The summed E-state index contributed by atoms with van der Waals surface area (Å²) in [5, 5.41) is 24.7. The lowest BCUT2D eigenvalue weighted by molar-refractivity contribution is -0.147. The molecule has 0 aliphatic heterocycles. The Hall–Kier alpha value is -1.56. The van der Waals surface area contributed by atoms with Crippen molar-refractivity contribution < 1.29 is 15.0 Å². The van der Waals surface area contributed by atoms with Crippen molar-refractivity contribution in [2.45, 2.75) is 20.0 Å². The van der Waals surface area contributed by atoms with Crippen LogP contribution in [0.5, 0.6) is 0 Å². The van der Waals surface area contributed by atoms with E-state index in [4.69, 9.17) is 10.2 Å². The molecule has 0 aromatic carbocycles. The fourth-order valence-electron chi connectivity index (χ4n) is 0.890. The summed E-state index contributed by atoms with van der Waals surface area (Å²) in [4.78, 5) is 14.3. The van der Waals surface area contributed by atoms with E-state index in [0.29, 0.717) is 11.5 Å². The van der Waals surface area contributed by atoms with Gasteiger partial charge in [0.25, 0.3) is 0 Å². The van der Waals surface area contributed by atoms with Gasteiger partial charge in [0.1, 0.15) is 11.5 Å². The molecule has 1 unspecified atom stereocenters. The Kier molecular flexibility index (Phi) is 2.52. The molecule has 0 amide bonds. The van der Waals surface area contributed by atoms with Gasteiger partial charge in [0.2, 0.25) is 0 Å². The number of hydrogen-bond donors (Lipinski definition) is 2. The van der Waals surface area contributed by atoms with E-state index < -0.39 is 12.1 Å². The third-order valence-electron chi connectivity index (χ3n) is 1.50. The molecule has 1 aromatic rings. The van der Waals surface area contributed by atoms with Crippen molar-refractivity contribution in [3.63, 3.8) is 0 Å². The number of aromatic nitrogens is 3. The van der Waals surface area contributed by atoms with Crippen LogP contribution in [0.15, 0.2) is 0 Å². The van der Waals surface area contributed by atoms with Crippen molar-refractivity contribution in [2.75, 3.05) is 0 Å². The number of carboxylic acids is 1. The van der Waals surface area contributed by atoms with Crippen LogP contribution in [0.2, 0.25) is 0 Å². The molecule has 0 spiro atoms. The molecule has 70 valence electrons. The number of carbonyl (C=O) groups is 1. The van der Waals surface area contributed by atoms with E-state index in [9.17, 15) is 4.79 Å². The van der Waals surface area contributed by atoms with Gasteiger partial charge in [0, 0.05) is 0 Å². The molecule has 1 heterocycles. The van der Waals surface area contributed by atoms with Gasteiger partial charge < -0.3 is 10.2 Å². The van der Waals surface area contributed by atoms with Crippen LogP contribution in [0.4, 0.5) is 0 Å². The second-order valence-electron chi connectivity index (χ2n) is 2.57. The number of rotatable bonds is 2. The minimum Gasteiger partial charge on any atom is -0.479 e. The lowest BCUT2D eigenvalue weighted by Gasteiger charge is -2.06. The SMILES string of the molecule is Cc1nnc(C(O)C(=O)O)c(C)n1. The van der Waals surface area contributed by atoms with Crippen molar-refractivity contribution >= 4 is 5.97 Å². The summed E-state index contributed by atoms with van der Waals surface area (Å²) < 4.78 is 0. The number of aryl methyl sites for hydroxylation is 2. The number of hydrogen-bond acceptors (Lipinski definition) is 5. The topological polar surface area (TPSA) is 96.2 Å². The van der Waals surface area contributed by atoms with Gasteiger partial charge in [-0.1, -0.05) is 0 Å². The molecule has 6 heteroatoms. The van der Waals surface area contributed by atoms with Crippen LogP contribution >= 0.6 is 0 Å². The van der Waals surface area contributed by atoms with Crippen LogP contribution < -0.4 is 0 Å². The molecule has 1 atom stereocenters. The number of aliphatic hydroxyl groups excluding tert-OH is 1. The molecular formula is C7H9N3O3. The third-order valence-corrected chi connectivity index (χ3v) is 1.50. The molecule has 6 nitrogen and oxygen atoms in total. The second-order valence-corrected chi connectivity index (χ2v) is 2.57. The van der Waals surface area contributed by atoms with Gasteiger partial charge in [-0.3, -0.25) is 0 Å². The Morgan fingerprint density at radius 3 is 2.46 bits per heavy atom. The third kappa shape index (κ3) is 1.97.